The molecule has 33 heavy (non-hydrogen) atoms. The van der Waals surface area contributed by atoms with Gasteiger partial charge >= 0.3 is 0 Å². The van der Waals surface area contributed by atoms with Gasteiger partial charge in [0, 0.05) is 36.9 Å². The van der Waals surface area contributed by atoms with Crippen molar-refractivity contribution in [1.29, 1.82) is 5.26 Å². The van der Waals surface area contributed by atoms with Gasteiger partial charge in [0.25, 0.3) is 0 Å². The van der Waals surface area contributed by atoms with E-state index in [9.17, 15) is 14.4 Å². The summed E-state index contributed by atoms with van der Waals surface area (Å²) in [5.41, 5.74) is 3.92. The van der Waals surface area contributed by atoms with Crippen LogP contribution in [-0.2, 0) is 16.6 Å². The van der Waals surface area contributed by atoms with Crippen LogP contribution < -0.4 is 10.1 Å². The molecule has 2 aromatic carbocycles. The van der Waals surface area contributed by atoms with E-state index in [-0.39, 0.29) is 19.4 Å². The number of nitriles is 1. The fourth-order valence-corrected chi connectivity index (χ4v) is 3.16. The summed E-state index contributed by atoms with van der Waals surface area (Å²) in [6.07, 6.45) is 1.70. The molecule has 1 amide bonds. The van der Waals surface area contributed by atoms with Gasteiger partial charge in [0.1, 0.15) is 18.5 Å². The Balaban J connectivity index is 0.000000689. The fraction of sp³-hybridized carbons (Fsp3) is 0.385. The van der Waals surface area contributed by atoms with Gasteiger partial charge in [-0.05, 0) is 37.6 Å². The molecule has 1 atom stereocenters. The first kappa shape index (κ1) is 27.7. The van der Waals surface area contributed by atoms with Gasteiger partial charge in [0.05, 0.1) is 29.5 Å². The zero-order valence-electron chi connectivity index (χ0n) is 20.3. The molecule has 1 N–H and O–H groups in total. The first-order chi connectivity index (χ1) is 16.0. The van der Waals surface area contributed by atoms with E-state index in [0.29, 0.717) is 17.7 Å². The van der Waals surface area contributed by atoms with Crippen molar-refractivity contribution >= 4 is 23.0 Å². The number of aromatic nitrogens is 1. The Labute approximate surface area is 195 Å². The zero-order valence-corrected chi connectivity index (χ0v) is 20.3. The van der Waals surface area contributed by atoms with Crippen molar-refractivity contribution in [2.24, 2.45) is 7.05 Å². The number of amides is 1. The molecule has 0 radical (unpaired) electrons. The van der Waals surface area contributed by atoms with Crippen LogP contribution in [0.4, 0.5) is 10.1 Å². The second-order valence-corrected chi connectivity index (χ2v) is 6.93. The normalized spacial score (nSPS) is 10.7. The molecule has 0 fully saturated rings. The minimum atomic E-state index is -0.378. The topological polar surface area (TPSA) is 76.3 Å². The molecule has 0 aliphatic carbocycles. The molecular weight excluding hydrogens is 421 g/mol. The van der Waals surface area contributed by atoms with Crippen LogP contribution in [-0.4, -0.2) is 37.5 Å². The van der Waals surface area contributed by atoms with Gasteiger partial charge in [-0.2, -0.15) is 5.26 Å². The van der Waals surface area contributed by atoms with Crippen molar-refractivity contribution in [1.82, 2.24) is 4.57 Å². The van der Waals surface area contributed by atoms with Gasteiger partial charge in [0.2, 0.25) is 6.41 Å². The van der Waals surface area contributed by atoms with E-state index < -0.39 is 0 Å². The largest absolute Gasteiger partial charge is 0.491 e. The Kier molecular flexibility index (Phi) is 12.3. The molecule has 0 bridgehead atoms. The monoisotopic (exact) mass is 455 g/mol. The molecule has 7 heteroatoms. The van der Waals surface area contributed by atoms with Crippen molar-refractivity contribution in [3.63, 3.8) is 0 Å². The maximum Gasteiger partial charge on any atom is 0.211 e. The average Bonchev–Trinajstić information content (AvgIpc) is 3.12. The smallest absolute Gasteiger partial charge is 0.211 e. The molecule has 1 unspecified atom stereocenters. The van der Waals surface area contributed by atoms with Crippen LogP contribution in [0.3, 0.4) is 0 Å². The number of rotatable bonds is 8. The summed E-state index contributed by atoms with van der Waals surface area (Å²) < 4.78 is 23.1. The number of halogens is 1. The van der Waals surface area contributed by atoms with Gasteiger partial charge in [-0.3, -0.25) is 4.79 Å². The Bertz CT molecular complexity index is 1050. The van der Waals surface area contributed by atoms with Gasteiger partial charge < -0.3 is 19.4 Å². The molecule has 0 aliphatic rings. The Morgan fingerprint density at radius 3 is 2.52 bits per heavy atom. The summed E-state index contributed by atoms with van der Waals surface area (Å²) in [5, 5.41) is 13.3. The van der Waals surface area contributed by atoms with Gasteiger partial charge in [-0.1, -0.05) is 32.9 Å². The lowest BCUT2D eigenvalue weighted by molar-refractivity contribution is -0.105. The molecule has 6 nitrogen and oxygen atoms in total. The summed E-state index contributed by atoms with van der Waals surface area (Å²) >= 11 is 0. The second kappa shape index (κ2) is 14.6. The quantitative estimate of drug-likeness (QED) is 0.417. The van der Waals surface area contributed by atoms with E-state index in [1.54, 1.807) is 0 Å². The summed E-state index contributed by atoms with van der Waals surface area (Å²) in [6.45, 7) is 7.96. The number of fused-ring (bicyclic) bond motifs is 1. The molecule has 1 aromatic heterocycles. The lowest BCUT2D eigenvalue weighted by Gasteiger charge is -2.12. The van der Waals surface area contributed by atoms with Crippen LogP contribution in [0.5, 0.6) is 5.75 Å². The summed E-state index contributed by atoms with van der Waals surface area (Å²) in [6, 6.07) is 15.6. The minimum absolute atomic E-state index is 0.133. The van der Waals surface area contributed by atoms with Gasteiger partial charge in [0.15, 0.2) is 0 Å². The Morgan fingerprint density at radius 2 is 1.97 bits per heavy atom. The first-order valence-electron chi connectivity index (χ1n) is 11.0. The molecule has 3 rings (SSSR count). The fourth-order valence-electron chi connectivity index (χ4n) is 3.16. The van der Waals surface area contributed by atoms with Crippen LogP contribution in [0, 0.1) is 11.3 Å². The average molecular weight is 456 g/mol. The molecule has 0 aliphatic heterocycles. The number of ether oxygens (including phenoxy) is 2. The van der Waals surface area contributed by atoms with Crippen LogP contribution in [0.1, 0.15) is 39.7 Å². The highest BCUT2D eigenvalue weighted by atomic mass is 19.1. The second-order valence-electron chi connectivity index (χ2n) is 6.93. The number of aryl methyl sites for hydroxylation is 1. The Morgan fingerprint density at radius 1 is 1.24 bits per heavy atom. The van der Waals surface area contributed by atoms with Crippen LogP contribution in [0.15, 0.2) is 42.5 Å². The number of hydrogen-bond acceptors (Lipinski definition) is 4. The van der Waals surface area contributed by atoms with Crippen LogP contribution >= 0.6 is 0 Å². The van der Waals surface area contributed by atoms with E-state index in [2.05, 4.69) is 23.0 Å². The lowest BCUT2D eigenvalue weighted by atomic mass is 10.1. The van der Waals surface area contributed by atoms with Gasteiger partial charge in [-0.15, -0.1) is 0 Å². The van der Waals surface area contributed by atoms with Crippen molar-refractivity contribution in [2.75, 3.05) is 25.7 Å². The van der Waals surface area contributed by atoms with E-state index >= 15 is 0 Å². The third-order valence-corrected chi connectivity index (χ3v) is 4.84. The molecule has 3 aromatic rings. The van der Waals surface area contributed by atoms with Crippen LogP contribution in [0.2, 0.25) is 0 Å². The Hall–Kier alpha value is -3.37. The number of carbonyl (C=O) groups is 1. The number of alkyl halides is 1. The van der Waals surface area contributed by atoms with Crippen molar-refractivity contribution in [3.05, 3.63) is 48.0 Å². The van der Waals surface area contributed by atoms with Gasteiger partial charge in [-0.25, -0.2) is 4.39 Å². The van der Waals surface area contributed by atoms with Crippen LogP contribution in [0.25, 0.3) is 22.2 Å². The number of carbonyl (C=O) groups excluding carboxylic acids is 1. The predicted octanol–water partition coefficient (Wildman–Crippen LogP) is 6.09. The van der Waals surface area contributed by atoms with E-state index in [1.807, 2.05) is 74.9 Å². The maximum atomic E-state index is 10.9. The minimum Gasteiger partial charge on any atom is -0.491 e. The standard InChI is InChI=1S/C21H21N3O2.C3H7FO.C2H6/c1-4-14(2)26-17-8-9-18-19(12-22)21(24(3)20(18)11-17)15-6-5-7-16(10-15)23-13-25;1-5-3-2-4;1-2/h5-11,13-14H,4H2,1-3H3,(H,23,25);2-3H2,1H3;1-2H3. The number of hydrogen-bond donors (Lipinski definition) is 1. The maximum absolute atomic E-state index is 10.9. The predicted molar refractivity (Wildman–Crippen MR) is 132 cm³/mol. The SMILES string of the molecule is CC.CCC(C)Oc1ccc2c(C#N)c(-c3cccc(NC=O)c3)n(C)c2c1.COCCF. The number of methoxy groups -OCH3 is 1. The molecule has 0 spiro atoms. The third-order valence-electron chi connectivity index (χ3n) is 4.84. The highest BCUT2D eigenvalue weighted by molar-refractivity contribution is 5.95. The molecule has 178 valence electrons. The summed E-state index contributed by atoms with van der Waals surface area (Å²) in [4.78, 5) is 10.7. The van der Waals surface area contributed by atoms with E-state index in [0.717, 1.165) is 34.3 Å². The molecular formula is C26H34FN3O3. The molecule has 0 saturated carbocycles. The van der Waals surface area contributed by atoms with E-state index in [4.69, 9.17) is 4.74 Å². The number of nitrogens with one attached hydrogen (secondary N) is 1. The van der Waals surface area contributed by atoms with Crippen molar-refractivity contribution < 1.29 is 18.7 Å². The van der Waals surface area contributed by atoms with E-state index in [1.165, 1.54) is 7.11 Å². The highest BCUT2D eigenvalue weighted by Gasteiger charge is 2.18. The van der Waals surface area contributed by atoms with Crippen molar-refractivity contribution in [3.8, 4) is 23.1 Å². The van der Waals surface area contributed by atoms with Crippen molar-refractivity contribution in [2.45, 2.75) is 40.2 Å². The first-order valence-corrected chi connectivity index (χ1v) is 11.0. The zero-order chi connectivity index (χ0) is 24.8. The molecule has 1 heterocycles. The number of benzene rings is 2. The number of anilines is 1. The number of nitrogens with zero attached hydrogens (tertiary/aromatic N) is 2. The third kappa shape index (κ3) is 7.33. The summed E-state index contributed by atoms with van der Waals surface area (Å²) in [5.74, 6) is 0.792. The summed E-state index contributed by atoms with van der Waals surface area (Å²) in [7, 11) is 3.41. The molecule has 0 saturated heterocycles. The lowest BCUT2D eigenvalue weighted by Crippen LogP contribution is -2.09. The highest BCUT2D eigenvalue weighted by Crippen LogP contribution is 2.35.